The zero-order valence-electron chi connectivity index (χ0n) is 20.1. The largest absolute Gasteiger partial charge is 0.364 e. The molecule has 1 aliphatic carbocycles. The van der Waals surface area contributed by atoms with Crippen molar-refractivity contribution >= 4 is 29.0 Å². The Labute approximate surface area is 204 Å². The maximum Gasteiger partial charge on any atom is 0.271 e. The number of piperidine rings is 1. The summed E-state index contributed by atoms with van der Waals surface area (Å²) in [6.07, 6.45) is 9.95. The summed E-state index contributed by atoms with van der Waals surface area (Å²) in [7, 11) is 1.81. The van der Waals surface area contributed by atoms with Crippen molar-refractivity contribution in [2.45, 2.75) is 51.0 Å². The molecular formula is C26H31N7O2. The number of anilines is 3. The highest BCUT2D eigenvalue weighted by Crippen LogP contribution is 2.40. The molecule has 1 saturated carbocycles. The first-order valence-corrected chi connectivity index (χ1v) is 12.2. The lowest BCUT2D eigenvalue weighted by molar-refractivity contribution is 0.0944. The summed E-state index contributed by atoms with van der Waals surface area (Å²) < 4.78 is 1.65. The number of primary amides is 1. The van der Waals surface area contributed by atoms with E-state index in [0.29, 0.717) is 29.7 Å². The van der Waals surface area contributed by atoms with E-state index in [1.807, 2.05) is 12.1 Å². The highest BCUT2D eigenvalue weighted by Gasteiger charge is 2.31. The minimum atomic E-state index is -0.654. The third-order valence-electron chi connectivity index (χ3n) is 7.13. The van der Waals surface area contributed by atoms with Gasteiger partial charge in [-0.3, -0.25) is 14.3 Å². The van der Waals surface area contributed by atoms with Gasteiger partial charge in [-0.2, -0.15) is 5.10 Å². The van der Waals surface area contributed by atoms with E-state index in [4.69, 9.17) is 10.7 Å². The predicted octanol–water partition coefficient (Wildman–Crippen LogP) is 3.81. The van der Waals surface area contributed by atoms with E-state index in [-0.39, 0.29) is 23.4 Å². The van der Waals surface area contributed by atoms with Crippen LogP contribution in [0.3, 0.4) is 0 Å². The first-order chi connectivity index (χ1) is 16.9. The lowest BCUT2D eigenvalue weighted by Crippen LogP contribution is -2.44. The van der Waals surface area contributed by atoms with Crippen molar-refractivity contribution in [3.63, 3.8) is 0 Å². The maximum atomic E-state index is 13.1. The summed E-state index contributed by atoms with van der Waals surface area (Å²) in [6.45, 7) is 2.93. The van der Waals surface area contributed by atoms with Crippen molar-refractivity contribution in [3.8, 4) is 0 Å². The SMILES string of the molecule is C[C@@H]1[C@H](CC(=O)c2ccc(C3CC3)cc2)CCCN1c1cnc(C(N)=O)c(Nc2cnn(C)c2)n1. The highest BCUT2D eigenvalue weighted by atomic mass is 16.1. The average Bonchev–Trinajstić information content (AvgIpc) is 3.62. The van der Waals surface area contributed by atoms with Gasteiger partial charge in [-0.1, -0.05) is 24.3 Å². The van der Waals surface area contributed by atoms with Gasteiger partial charge in [-0.25, -0.2) is 9.97 Å². The zero-order valence-corrected chi connectivity index (χ0v) is 20.1. The van der Waals surface area contributed by atoms with Gasteiger partial charge in [0.05, 0.1) is 18.1 Å². The molecule has 3 N–H and O–H groups in total. The number of aromatic nitrogens is 4. The fourth-order valence-electron chi connectivity index (χ4n) is 4.94. The molecule has 0 bridgehead atoms. The van der Waals surface area contributed by atoms with Crippen molar-refractivity contribution in [3.05, 3.63) is 59.7 Å². The van der Waals surface area contributed by atoms with Crippen molar-refractivity contribution in [1.82, 2.24) is 19.7 Å². The molecule has 1 saturated heterocycles. The average molecular weight is 474 g/mol. The second-order valence-electron chi connectivity index (χ2n) is 9.68. The lowest BCUT2D eigenvalue weighted by Gasteiger charge is -2.40. The van der Waals surface area contributed by atoms with Gasteiger partial charge in [-0.15, -0.1) is 0 Å². The molecule has 2 aromatic heterocycles. The van der Waals surface area contributed by atoms with Gasteiger partial charge in [0.25, 0.3) is 5.91 Å². The number of benzene rings is 1. The van der Waals surface area contributed by atoms with Gasteiger partial charge in [0, 0.05) is 37.8 Å². The van der Waals surface area contributed by atoms with E-state index >= 15 is 0 Å². The molecule has 35 heavy (non-hydrogen) atoms. The van der Waals surface area contributed by atoms with Crippen LogP contribution < -0.4 is 16.0 Å². The Morgan fingerprint density at radius 2 is 1.91 bits per heavy atom. The second-order valence-corrected chi connectivity index (χ2v) is 9.68. The number of hydrogen-bond acceptors (Lipinski definition) is 7. The molecule has 9 nitrogen and oxygen atoms in total. The molecule has 0 unspecified atom stereocenters. The topological polar surface area (TPSA) is 119 Å². The van der Waals surface area contributed by atoms with Crippen LogP contribution in [0.4, 0.5) is 17.3 Å². The quantitative estimate of drug-likeness (QED) is 0.478. The van der Waals surface area contributed by atoms with Gasteiger partial charge in [0.1, 0.15) is 5.82 Å². The number of hydrogen-bond donors (Lipinski definition) is 2. The smallest absolute Gasteiger partial charge is 0.271 e. The number of ketones is 1. The number of nitrogens with zero attached hydrogens (tertiary/aromatic N) is 5. The Balaban J connectivity index is 1.32. The summed E-state index contributed by atoms with van der Waals surface area (Å²) in [5.74, 6) is 1.36. The van der Waals surface area contributed by atoms with Crippen molar-refractivity contribution in [2.75, 3.05) is 16.8 Å². The first kappa shape index (κ1) is 23.0. The van der Waals surface area contributed by atoms with Crippen LogP contribution in [0, 0.1) is 5.92 Å². The molecule has 9 heteroatoms. The number of nitrogens with one attached hydrogen (secondary N) is 1. The molecule has 2 aliphatic rings. The number of nitrogens with two attached hydrogens (primary N) is 1. The van der Waals surface area contributed by atoms with E-state index in [9.17, 15) is 9.59 Å². The first-order valence-electron chi connectivity index (χ1n) is 12.2. The molecule has 1 aliphatic heterocycles. The van der Waals surface area contributed by atoms with E-state index in [2.05, 4.69) is 39.4 Å². The normalized spacial score (nSPS) is 20.0. The van der Waals surface area contributed by atoms with Crippen LogP contribution in [0.25, 0.3) is 0 Å². The molecule has 182 valence electrons. The maximum absolute atomic E-state index is 13.1. The number of amides is 1. The Morgan fingerprint density at radius 1 is 1.14 bits per heavy atom. The summed E-state index contributed by atoms with van der Waals surface area (Å²) in [4.78, 5) is 36.2. The van der Waals surface area contributed by atoms with Crippen LogP contribution in [0.1, 0.15) is 71.4 Å². The van der Waals surface area contributed by atoms with Crippen LogP contribution in [0.2, 0.25) is 0 Å². The number of rotatable bonds is 8. The lowest BCUT2D eigenvalue weighted by atomic mass is 9.85. The Kier molecular flexibility index (Phi) is 6.23. The fraction of sp³-hybridized carbons (Fsp3) is 0.423. The predicted molar refractivity (Wildman–Crippen MR) is 134 cm³/mol. The molecule has 3 aromatic rings. The van der Waals surface area contributed by atoms with E-state index in [1.165, 1.54) is 18.4 Å². The molecule has 1 aromatic carbocycles. The molecule has 0 spiro atoms. The monoisotopic (exact) mass is 473 g/mol. The number of Topliss-reactive ketones (excluding diaryl/α,β-unsaturated/α-hetero) is 1. The van der Waals surface area contributed by atoms with Gasteiger partial charge in [-0.05, 0) is 50.0 Å². The van der Waals surface area contributed by atoms with Crippen LogP contribution in [0.15, 0.2) is 42.9 Å². The van der Waals surface area contributed by atoms with Crippen molar-refractivity contribution < 1.29 is 9.59 Å². The minimum absolute atomic E-state index is 0.0728. The molecule has 1 amide bonds. The molecule has 3 heterocycles. The van der Waals surface area contributed by atoms with E-state index < -0.39 is 5.91 Å². The fourth-order valence-corrected chi connectivity index (χ4v) is 4.94. The summed E-state index contributed by atoms with van der Waals surface area (Å²) in [6, 6.07) is 8.26. The van der Waals surface area contributed by atoms with Crippen LogP contribution in [-0.4, -0.2) is 44.0 Å². The van der Waals surface area contributed by atoms with E-state index in [0.717, 1.165) is 24.9 Å². The summed E-state index contributed by atoms with van der Waals surface area (Å²) in [5, 5.41) is 7.25. The molecule has 0 radical (unpaired) electrons. The third kappa shape index (κ3) is 5.03. The second kappa shape index (κ2) is 9.48. The van der Waals surface area contributed by atoms with Crippen LogP contribution in [-0.2, 0) is 7.05 Å². The van der Waals surface area contributed by atoms with Gasteiger partial charge >= 0.3 is 0 Å². The van der Waals surface area contributed by atoms with Gasteiger partial charge in [0.15, 0.2) is 17.3 Å². The molecule has 5 rings (SSSR count). The third-order valence-corrected chi connectivity index (χ3v) is 7.13. The number of aryl methyl sites for hydroxylation is 1. The number of carbonyl (C=O) groups is 2. The van der Waals surface area contributed by atoms with Crippen LogP contribution in [0.5, 0.6) is 0 Å². The van der Waals surface area contributed by atoms with Crippen LogP contribution >= 0.6 is 0 Å². The summed E-state index contributed by atoms with van der Waals surface area (Å²) in [5.41, 5.74) is 8.42. The summed E-state index contributed by atoms with van der Waals surface area (Å²) >= 11 is 0. The zero-order chi connectivity index (χ0) is 24.5. The standard InChI is InChI=1S/C26H31N7O2/c1-16-20(12-22(34)19-9-7-18(8-10-19)17-5-6-17)4-3-11-33(16)23-14-28-24(25(27)35)26(31-23)30-21-13-29-32(2)15-21/h7-10,13-17,20H,3-6,11-12H2,1-2H3,(H2,27,35)(H,30,31)/t16-,20+/m1/s1. The highest BCUT2D eigenvalue weighted by molar-refractivity contribution is 5.97. The van der Waals surface area contributed by atoms with E-state index in [1.54, 1.807) is 30.3 Å². The van der Waals surface area contributed by atoms with Crippen molar-refractivity contribution in [2.24, 2.45) is 18.7 Å². The Hall–Kier alpha value is -3.75. The molecule has 2 fully saturated rings. The Bertz CT molecular complexity index is 1230. The van der Waals surface area contributed by atoms with Gasteiger partial charge < -0.3 is 16.0 Å². The van der Waals surface area contributed by atoms with Crippen molar-refractivity contribution in [1.29, 1.82) is 0 Å². The molecular weight excluding hydrogens is 442 g/mol. The number of carbonyl (C=O) groups excluding carboxylic acids is 2. The Morgan fingerprint density at radius 3 is 2.57 bits per heavy atom. The molecule has 2 atom stereocenters. The van der Waals surface area contributed by atoms with Gasteiger partial charge in [0.2, 0.25) is 0 Å². The minimum Gasteiger partial charge on any atom is -0.364 e.